The van der Waals surface area contributed by atoms with Crippen LogP contribution in [0.25, 0.3) is 10.8 Å². The molecule has 8 nitrogen and oxygen atoms in total. The second kappa shape index (κ2) is 8.26. The summed E-state index contributed by atoms with van der Waals surface area (Å²) in [5.74, 6) is -0.468. The van der Waals surface area contributed by atoms with Gasteiger partial charge in [0.15, 0.2) is 5.69 Å². The molecule has 2 aromatic heterocycles. The van der Waals surface area contributed by atoms with Gasteiger partial charge in [0, 0.05) is 27.3 Å². The maximum absolute atomic E-state index is 12.7. The Hall–Kier alpha value is -3.85. The van der Waals surface area contributed by atoms with Crippen molar-refractivity contribution in [2.24, 2.45) is 0 Å². The molecule has 4 rings (SSSR count). The first-order valence-corrected chi connectivity index (χ1v) is 9.62. The number of H-pyrrole nitrogens is 1. The van der Waals surface area contributed by atoms with Gasteiger partial charge in [-0.1, -0.05) is 24.3 Å². The Morgan fingerprint density at radius 2 is 1.70 bits per heavy atom. The second-order valence-electron chi connectivity index (χ2n) is 6.30. The standard InChI is InChI=1S/C21H14BrN5O3/c22-13-8-9-17(23-11-13)25-19(28)12-4-3-5-14(10-12)24-21(30)18-15-6-1-2-7-16(15)20(29)27-26-18/h1-11H,(H,24,30)(H,27,29)(H,23,25,28). The summed E-state index contributed by atoms with van der Waals surface area (Å²) in [5, 5.41) is 12.4. The van der Waals surface area contributed by atoms with Crippen molar-refractivity contribution in [1.82, 2.24) is 15.2 Å². The predicted octanol–water partition coefficient (Wildman–Crippen LogP) is 3.59. The van der Waals surface area contributed by atoms with Crippen LogP contribution in [0.15, 0.2) is 76.1 Å². The molecule has 2 aromatic carbocycles. The molecule has 30 heavy (non-hydrogen) atoms. The highest BCUT2D eigenvalue weighted by molar-refractivity contribution is 9.10. The number of fused-ring (bicyclic) bond motifs is 1. The normalized spacial score (nSPS) is 10.6. The van der Waals surface area contributed by atoms with E-state index in [1.807, 2.05) is 0 Å². The number of amides is 2. The van der Waals surface area contributed by atoms with Crippen molar-refractivity contribution in [1.29, 1.82) is 0 Å². The van der Waals surface area contributed by atoms with Crippen LogP contribution in [0.4, 0.5) is 11.5 Å². The van der Waals surface area contributed by atoms with Gasteiger partial charge in [0.2, 0.25) is 0 Å². The third-order valence-corrected chi connectivity index (χ3v) is 4.73. The number of anilines is 2. The number of hydrogen-bond donors (Lipinski definition) is 3. The molecule has 0 fully saturated rings. The van der Waals surface area contributed by atoms with E-state index in [4.69, 9.17) is 0 Å². The molecule has 4 aromatic rings. The molecule has 0 radical (unpaired) electrons. The summed E-state index contributed by atoms with van der Waals surface area (Å²) in [5.41, 5.74) is 0.465. The SMILES string of the molecule is O=C(Nc1ccc(Br)cn1)c1cccc(NC(=O)c2n[nH]c(=O)c3ccccc23)c1. The van der Waals surface area contributed by atoms with E-state index in [0.29, 0.717) is 27.8 Å². The largest absolute Gasteiger partial charge is 0.321 e. The third kappa shape index (κ3) is 4.11. The first-order chi connectivity index (χ1) is 14.5. The van der Waals surface area contributed by atoms with Crippen molar-refractivity contribution in [3.05, 3.63) is 92.9 Å². The first-order valence-electron chi connectivity index (χ1n) is 8.83. The Labute approximate surface area is 178 Å². The lowest BCUT2D eigenvalue weighted by Crippen LogP contribution is -2.19. The molecule has 0 atom stereocenters. The Morgan fingerprint density at radius 3 is 2.47 bits per heavy atom. The monoisotopic (exact) mass is 463 g/mol. The van der Waals surface area contributed by atoms with Gasteiger partial charge in [-0.15, -0.1) is 0 Å². The van der Waals surface area contributed by atoms with Crippen LogP contribution in [0.2, 0.25) is 0 Å². The highest BCUT2D eigenvalue weighted by atomic mass is 79.9. The van der Waals surface area contributed by atoms with Gasteiger partial charge in [-0.05, 0) is 52.3 Å². The highest BCUT2D eigenvalue weighted by Crippen LogP contribution is 2.17. The van der Waals surface area contributed by atoms with E-state index in [9.17, 15) is 14.4 Å². The van der Waals surface area contributed by atoms with Crippen molar-refractivity contribution in [2.45, 2.75) is 0 Å². The van der Waals surface area contributed by atoms with Gasteiger partial charge in [-0.3, -0.25) is 14.4 Å². The van der Waals surface area contributed by atoms with Crippen molar-refractivity contribution >= 4 is 50.0 Å². The summed E-state index contributed by atoms with van der Waals surface area (Å²) in [6.07, 6.45) is 1.58. The number of aromatic amines is 1. The fourth-order valence-electron chi connectivity index (χ4n) is 2.85. The van der Waals surface area contributed by atoms with E-state index in [2.05, 4.69) is 41.7 Å². The number of pyridine rings is 1. The van der Waals surface area contributed by atoms with Crippen LogP contribution in [0.3, 0.4) is 0 Å². The van der Waals surface area contributed by atoms with Gasteiger partial charge in [-0.2, -0.15) is 5.10 Å². The molecule has 2 amide bonds. The third-order valence-electron chi connectivity index (χ3n) is 4.26. The van der Waals surface area contributed by atoms with Crippen LogP contribution in [0.5, 0.6) is 0 Å². The molecular weight excluding hydrogens is 450 g/mol. The predicted molar refractivity (Wildman–Crippen MR) is 117 cm³/mol. The molecule has 3 N–H and O–H groups in total. The second-order valence-corrected chi connectivity index (χ2v) is 7.21. The molecule has 0 spiro atoms. The van der Waals surface area contributed by atoms with Crippen molar-refractivity contribution in [2.75, 3.05) is 10.6 Å². The van der Waals surface area contributed by atoms with Gasteiger partial charge >= 0.3 is 0 Å². The van der Waals surface area contributed by atoms with E-state index in [-0.39, 0.29) is 17.2 Å². The first kappa shape index (κ1) is 19.5. The number of aromatic nitrogens is 3. The van der Waals surface area contributed by atoms with Crippen LogP contribution < -0.4 is 16.2 Å². The molecule has 148 valence electrons. The molecule has 2 heterocycles. The number of rotatable bonds is 4. The van der Waals surface area contributed by atoms with Crippen LogP contribution in [0.1, 0.15) is 20.8 Å². The lowest BCUT2D eigenvalue weighted by atomic mass is 10.1. The fraction of sp³-hybridized carbons (Fsp3) is 0. The van der Waals surface area contributed by atoms with Crippen LogP contribution >= 0.6 is 15.9 Å². The van der Waals surface area contributed by atoms with Crippen molar-refractivity contribution in [3.8, 4) is 0 Å². The summed E-state index contributed by atoms with van der Waals surface area (Å²) in [6.45, 7) is 0. The minimum absolute atomic E-state index is 0.0825. The number of nitrogens with one attached hydrogen (secondary N) is 3. The molecule has 0 unspecified atom stereocenters. The quantitative estimate of drug-likeness (QED) is 0.427. The Balaban J connectivity index is 1.55. The molecule has 9 heteroatoms. The van der Waals surface area contributed by atoms with Gasteiger partial charge in [0.25, 0.3) is 17.4 Å². The minimum atomic E-state index is -0.505. The molecular formula is C21H14BrN5O3. The van der Waals surface area contributed by atoms with Crippen molar-refractivity contribution < 1.29 is 9.59 Å². The van der Waals surface area contributed by atoms with Gasteiger partial charge in [0.1, 0.15) is 5.82 Å². The Morgan fingerprint density at radius 1 is 0.900 bits per heavy atom. The van der Waals surface area contributed by atoms with Crippen LogP contribution in [-0.2, 0) is 0 Å². The zero-order valence-electron chi connectivity index (χ0n) is 15.3. The molecule has 0 aliphatic carbocycles. The molecule has 0 aliphatic heterocycles. The average molecular weight is 464 g/mol. The summed E-state index contributed by atoms with van der Waals surface area (Å²) >= 11 is 3.29. The Kier molecular flexibility index (Phi) is 5.36. The number of benzene rings is 2. The van der Waals surface area contributed by atoms with Gasteiger partial charge < -0.3 is 10.6 Å². The van der Waals surface area contributed by atoms with E-state index >= 15 is 0 Å². The number of carbonyl (C=O) groups is 2. The average Bonchev–Trinajstić information content (AvgIpc) is 2.76. The number of halogens is 1. The van der Waals surface area contributed by atoms with E-state index in [0.717, 1.165) is 4.47 Å². The lowest BCUT2D eigenvalue weighted by Gasteiger charge is -2.09. The highest BCUT2D eigenvalue weighted by Gasteiger charge is 2.15. The summed E-state index contributed by atoms with van der Waals surface area (Å²) in [4.78, 5) is 41.2. The van der Waals surface area contributed by atoms with Gasteiger partial charge in [-0.25, -0.2) is 10.1 Å². The topological polar surface area (TPSA) is 117 Å². The van der Waals surface area contributed by atoms with E-state index in [1.54, 1.807) is 66.9 Å². The fourth-order valence-corrected chi connectivity index (χ4v) is 3.09. The summed E-state index contributed by atoms with van der Waals surface area (Å²) in [6, 6.07) is 16.6. The Bertz CT molecular complexity index is 1320. The maximum Gasteiger partial charge on any atom is 0.276 e. The number of hydrogen-bond acceptors (Lipinski definition) is 5. The van der Waals surface area contributed by atoms with Crippen molar-refractivity contribution in [3.63, 3.8) is 0 Å². The molecule has 0 aliphatic rings. The maximum atomic E-state index is 12.7. The van der Waals surface area contributed by atoms with E-state index < -0.39 is 5.91 Å². The number of nitrogens with zero attached hydrogens (tertiary/aromatic N) is 2. The summed E-state index contributed by atoms with van der Waals surface area (Å²) in [7, 11) is 0. The minimum Gasteiger partial charge on any atom is -0.321 e. The van der Waals surface area contributed by atoms with Crippen LogP contribution in [0, 0.1) is 0 Å². The lowest BCUT2D eigenvalue weighted by molar-refractivity contribution is 0.101. The van der Waals surface area contributed by atoms with Gasteiger partial charge in [0.05, 0.1) is 5.39 Å². The van der Waals surface area contributed by atoms with E-state index in [1.165, 1.54) is 0 Å². The summed E-state index contributed by atoms with van der Waals surface area (Å²) < 4.78 is 0.800. The van der Waals surface area contributed by atoms with Crippen LogP contribution in [-0.4, -0.2) is 27.0 Å². The molecule has 0 saturated heterocycles. The molecule has 0 bridgehead atoms. The zero-order chi connectivity index (χ0) is 21.1. The number of carbonyl (C=O) groups excluding carboxylic acids is 2. The smallest absolute Gasteiger partial charge is 0.276 e. The molecule has 0 saturated carbocycles. The zero-order valence-corrected chi connectivity index (χ0v) is 16.9.